The summed E-state index contributed by atoms with van der Waals surface area (Å²) in [6.07, 6.45) is 6.26. The van der Waals surface area contributed by atoms with Crippen LogP contribution < -0.4 is 10.6 Å². The Labute approximate surface area is 188 Å². The Morgan fingerprint density at radius 2 is 2.06 bits per heavy atom. The van der Waals surface area contributed by atoms with Gasteiger partial charge in [-0.3, -0.25) is 9.78 Å². The first-order valence-electron chi connectivity index (χ1n) is 10.4. The third kappa shape index (κ3) is 4.61. The topological polar surface area (TPSA) is 62.2 Å². The number of rotatable bonds is 6. The number of anilines is 1. The van der Waals surface area contributed by atoms with E-state index in [0.717, 1.165) is 28.1 Å². The first-order valence-corrected chi connectivity index (χ1v) is 10.8. The third-order valence-electron chi connectivity index (χ3n) is 5.64. The summed E-state index contributed by atoms with van der Waals surface area (Å²) >= 11 is 5.67. The van der Waals surface area contributed by atoms with Crippen LogP contribution >= 0.6 is 12.2 Å². The molecule has 0 spiro atoms. The van der Waals surface area contributed by atoms with E-state index in [-0.39, 0.29) is 18.0 Å². The molecule has 31 heavy (non-hydrogen) atoms. The maximum absolute atomic E-state index is 12.7. The molecule has 2 aromatic heterocycles. The van der Waals surface area contributed by atoms with Gasteiger partial charge in [0.15, 0.2) is 5.11 Å². The van der Waals surface area contributed by atoms with Crippen LogP contribution in [0.15, 0.2) is 61.1 Å². The molecular weight excluding hydrogens is 406 g/mol. The van der Waals surface area contributed by atoms with E-state index in [4.69, 9.17) is 12.2 Å². The monoisotopic (exact) mass is 433 g/mol. The largest absolute Gasteiger partial charge is 0.357 e. The molecule has 0 aliphatic carbocycles. The zero-order chi connectivity index (χ0) is 22.0. The average Bonchev–Trinajstić information content (AvgIpc) is 3.32. The lowest BCUT2D eigenvalue weighted by molar-refractivity contribution is -0.116. The third-order valence-corrected chi connectivity index (χ3v) is 5.99. The zero-order valence-corrected chi connectivity index (χ0v) is 18.8. The fraction of sp³-hybridized carbons (Fsp3) is 0.292. The zero-order valence-electron chi connectivity index (χ0n) is 18.0. The minimum Gasteiger partial charge on any atom is -0.357 e. The second-order valence-electron chi connectivity index (χ2n) is 8.05. The van der Waals surface area contributed by atoms with Crippen molar-refractivity contribution in [1.29, 1.82) is 0 Å². The summed E-state index contributed by atoms with van der Waals surface area (Å²) in [4.78, 5) is 19.4. The molecule has 6 nitrogen and oxygen atoms in total. The minimum atomic E-state index is -0.0711. The van der Waals surface area contributed by atoms with Gasteiger partial charge in [-0.2, -0.15) is 0 Å². The predicted molar refractivity (Wildman–Crippen MR) is 127 cm³/mol. The second kappa shape index (κ2) is 8.89. The van der Waals surface area contributed by atoms with Gasteiger partial charge in [0.05, 0.1) is 17.8 Å². The number of hydrogen-bond acceptors (Lipinski definition) is 3. The van der Waals surface area contributed by atoms with Crippen LogP contribution in [0.5, 0.6) is 0 Å². The van der Waals surface area contributed by atoms with Gasteiger partial charge in [0, 0.05) is 44.3 Å². The molecule has 1 aliphatic heterocycles. The molecule has 3 heterocycles. The number of aromatic nitrogens is 2. The molecular formula is C24H27N5OS. The van der Waals surface area contributed by atoms with Crippen LogP contribution in [-0.4, -0.2) is 32.0 Å². The van der Waals surface area contributed by atoms with Crippen molar-refractivity contribution in [3.05, 3.63) is 83.4 Å². The van der Waals surface area contributed by atoms with E-state index in [1.54, 1.807) is 6.20 Å². The Hall–Kier alpha value is -3.19. The number of thiocarbonyl (C=S) groups is 1. The van der Waals surface area contributed by atoms with E-state index in [2.05, 4.69) is 32.8 Å². The maximum Gasteiger partial charge on any atom is 0.226 e. The molecule has 1 aromatic carbocycles. The Bertz CT molecular complexity index is 1090. The number of nitrogens with zero attached hydrogens (tertiary/aromatic N) is 3. The van der Waals surface area contributed by atoms with E-state index >= 15 is 0 Å². The van der Waals surface area contributed by atoms with Gasteiger partial charge in [-0.1, -0.05) is 18.2 Å². The molecule has 1 aliphatic rings. The summed E-state index contributed by atoms with van der Waals surface area (Å²) < 4.78 is 2.03. The van der Waals surface area contributed by atoms with E-state index in [1.807, 2.05) is 68.1 Å². The molecule has 0 unspecified atom stereocenters. The second-order valence-corrected chi connectivity index (χ2v) is 8.43. The van der Waals surface area contributed by atoms with E-state index < -0.39 is 0 Å². The molecule has 3 aromatic rings. The minimum absolute atomic E-state index is 0.0235. The van der Waals surface area contributed by atoms with E-state index in [9.17, 15) is 4.79 Å². The first kappa shape index (κ1) is 21.1. The lowest BCUT2D eigenvalue weighted by Gasteiger charge is -2.27. The van der Waals surface area contributed by atoms with Gasteiger partial charge < -0.3 is 20.1 Å². The standard InChI is InChI=1S/C24H27N5OS/c1-16-7-8-17(2)20(14-16)26-21(30)10-13-29-23(18-9-12-28(3)15-18)22(27-24(29)31)19-6-4-5-11-25-19/h4-9,11-12,14-15,22-23H,10,13H2,1-3H3,(H,26,30)(H,27,31)/t22-,23-/m0/s1. The number of carbonyl (C=O) groups is 1. The normalized spacial score (nSPS) is 18.2. The van der Waals surface area contributed by atoms with Gasteiger partial charge in [-0.05, 0) is 67.0 Å². The molecule has 4 rings (SSSR count). The van der Waals surface area contributed by atoms with Crippen molar-refractivity contribution >= 4 is 28.9 Å². The molecule has 1 saturated heterocycles. The molecule has 0 saturated carbocycles. The lowest BCUT2D eigenvalue weighted by Crippen LogP contribution is -2.32. The summed E-state index contributed by atoms with van der Waals surface area (Å²) in [7, 11) is 2.00. The highest BCUT2D eigenvalue weighted by molar-refractivity contribution is 7.80. The highest BCUT2D eigenvalue weighted by Crippen LogP contribution is 2.38. The number of amides is 1. The number of pyridine rings is 1. The van der Waals surface area contributed by atoms with Crippen LogP contribution in [0.1, 0.15) is 40.9 Å². The fourth-order valence-electron chi connectivity index (χ4n) is 4.01. The quantitative estimate of drug-likeness (QED) is 0.575. The number of nitrogens with one attached hydrogen (secondary N) is 2. The van der Waals surface area contributed by atoms with Crippen molar-refractivity contribution in [3.63, 3.8) is 0 Å². The van der Waals surface area contributed by atoms with Crippen LogP contribution in [0, 0.1) is 13.8 Å². The Balaban J connectivity index is 1.52. The summed E-state index contributed by atoms with van der Waals surface area (Å²) in [5.74, 6) is -0.0235. The van der Waals surface area contributed by atoms with Crippen molar-refractivity contribution < 1.29 is 4.79 Å². The van der Waals surface area contributed by atoms with Crippen molar-refractivity contribution in [1.82, 2.24) is 19.8 Å². The smallest absolute Gasteiger partial charge is 0.226 e. The van der Waals surface area contributed by atoms with Gasteiger partial charge in [-0.15, -0.1) is 0 Å². The Morgan fingerprint density at radius 3 is 2.77 bits per heavy atom. The lowest BCUT2D eigenvalue weighted by atomic mass is 9.99. The first-order chi connectivity index (χ1) is 14.9. The van der Waals surface area contributed by atoms with Crippen LogP contribution in [0.25, 0.3) is 0 Å². The number of carbonyl (C=O) groups excluding carboxylic acids is 1. The van der Waals surface area contributed by atoms with Gasteiger partial charge >= 0.3 is 0 Å². The molecule has 160 valence electrons. The highest BCUT2D eigenvalue weighted by atomic mass is 32.1. The molecule has 2 atom stereocenters. The summed E-state index contributed by atoms with van der Waals surface area (Å²) in [6.45, 7) is 4.54. The van der Waals surface area contributed by atoms with Gasteiger partial charge in [0.1, 0.15) is 0 Å². The van der Waals surface area contributed by atoms with Crippen molar-refractivity contribution in [3.8, 4) is 0 Å². The molecule has 1 fully saturated rings. The number of aryl methyl sites for hydroxylation is 3. The summed E-state index contributed by atoms with van der Waals surface area (Å²) in [5, 5.41) is 7.11. The molecule has 7 heteroatoms. The predicted octanol–water partition coefficient (Wildman–Crippen LogP) is 4.04. The van der Waals surface area contributed by atoms with Crippen molar-refractivity contribution in [2.45, 2.75) is 32.4 Å². The Kier molecular flexibility index (Phi) is 6.04. The van der Waals surface area contributed by atoms with Gasteiger partial charge in [-0.25, -0.2) is 0 Å². The van der Waals surface area contributed by atoms with Gasteiger partial charge in [0.2, 0.25) is 5.91 Å². The average molecular weight is 434 g/mol. The SMILES string of the molecule is Cc1ccc(C)c(NC(=O)CCN2C(=S)N[C@@H](c3ccccn3)[C@@H]2c2ccn(C)c2)c1. The number of hydrogen-bond donors (Lipinski definition) is 2. The number of benzene rings is 1. The summed E-state index contributed by atoms with van der Waals surface area (Å²) in [5.41, 5.74) is 5.10. The molecule has 0 bridgehead atoms. The van der Waals surface area contributed by atoms with E-state index in [0.29, 0.717) is 18.1 Å². The molecule has 2 N–H and O–H groups in total. The molecule has 1 amide bonds. The van der Waals surface area contributed by atoms with Crippen molar-refractivity contribution in [2.24, 2.45) is 7.05 Å². The maximum atomic E-state index is 12.7. The van der Waals surface area contributed by atoms with Crippen molar-refractivity contribution in [2.75, 3.05) is 11.9 Å². The van der Waals surface area contributed by atoms with Crippen LogP contribution in [0.2, 0.25) is 0 Å². The molecule has 0 radical (unpaired) electrons. The van der Waals surface area contributed by atoms with Crippen LogP contribution in [0.3, 0.4) is 0 Å². The van der Waals surface area contributed by atoms with Crippen LogP contribution in [0.4, 0.5) is 5.69 Å². The van der Waals surface area contributed by atoms with E-state index in [1.165, 1.54) is 0 Å². The van der Waals surface area contributed by atoms with Crippen LogP contribution in [-0.2, 0) is 11.8 Å². The fourth-order valence-corrected chi connectivity index (χ4v) is 4.35. The summed E-state index contributed by atoms with van der Waals surface area (Å²) in [6, 6.07) is 14.0. The Morgan fingerprint density at radius 1 is 1.23 bits per heavy atom. The van der Waals surface area contributed by atoms with Gasteiger partial charge in [0.25, 0.3) is 0 Å². The highest BCUT2D eigenvalue weighted by Gasteiger charge is 2.40.